The predicted octanol–water partition coefficient (Wildman–Crippen LogP) is 1.84. The third-order valence-electron chi connectivity index (χ3n) is 3.56. The normalized spacial score (nSPS) is 16.5. The summed E-state index contributed by atoms with van der Waals surface area (Å²) in [5, 5.41) is 6.56. The summed E-state index contributed by atoms with van der Waals surface area (Å²) in [6.45, 7) is 4.98. The molecule has 2 aromatic heterocycles. The maximum atomic E-state index is 4.47. The molecule has 3 rings (SSSR count). The first kappa shape index (κ1) is 12.8. The lowest BCUT2D eigenvalue weighted by Gasteiger charge is -2.39. The lowest BCUT2D eigenvalue weighted by Crippen LogP contribution is -2.42. The molecule has 0 radical (unpaired) electrons. The van der Waals surface area contributed by atoms with Crippen LogP contribution in [-0.2, 0) is 0 Å². The summed E-state index contributed by atoms with van der Waals surface area (Å²) >= 11 is 0. The van der Waals surface area contributed by atoms with Crippen LogP contribution >= 0.6 is 0 Å². The maximum absolute atomic E-state index is 4.47. The van der Waals surface area contributed by atoms with Crippen LogP contribution in [0.3, 0.4) is 0 Å². The third-order valence-corrected chi connectivity index (χ3v) is 3.56. The Morgan fingerprint density at radius 1 is 1.25 bits per heavy atom. The minimum absolute atomic E-state index is 0.108. The minimum atomic E-state index is 0.108. The number of rotatable bonds is 5. The van der Waals surface area contributed by atoms with E-state index < -0.39 is 0 Å². The van der Waals surface area contributed by atoms with Crippen molar-refractivity contribution >= 4 is 11.9 Å². The molecular weight excluding hydrogens is 254 g/mol. The zero-order chi connectivity index (χ0) is 14.0. The molecule has 1 fully saturated rings. The molecule has 20 heavy (non-hydrogen) atoms. The van der Waals surface area contributed by atoms with Gasteiger partial charge in [-0.2, -0.15) is 15.0 Å². The average molecular weight is 273 g/mol. The summed E-state index contributed by atoms with van der Waals surface area (Å²) in [7, 11) is 0. The van der Waals surface area contributed by atoms with Crippen molar-refractivity contribution in [3.63, 3.8) is 0 Å². The summed E-state index contributed by atoms with van der Waals surface area (Å²) < 4.78 is 1.77. The molecule has 2 N–H and O–H groups in total. The van der Waals surface area contributed by atoms with Gasteiger partial charge in [0, 0.05) is 24.5 Å². The first-order valence-corrected chi connectivity index (χ1v) is 6.95. The minimum Gasteiger partial charge on any atom is -0.354 e. The number of nitrogens with zero attached hydrogens (tertiary/aromatic N) is 5. The molecule has 0 spiro atoms. The zero-order valence-electron chi connectivity index (χ0n) is 11.8. The van der Waals surface area contributed by atoms with Crippen molar-refractivity contribution in [2.24, 2.45) is 0 Å². The molecule has 0 amide bonds. The van der Waals surface area contributed by atoms with Crippen molar-refractivity contribution in [3.05, 3.63) is 18.7 Å². The predicted molar refractivity (Wildman–Crippen MR) is 77.0 cm³/mol. The Bertz CT molecular complexity index is 574. The molecule has 1 aliphatic carbocycles. The second-order valence-corrected chi connectivity index (χ2v) is 5.32. The van der Waals surface area contributed by atoms with Gasteiger partial charge in [-0.05, 0) is 33.1 Å². The molecule has 0 unspecified atom stereocenters. The topological polar surface area (TPSA) is 80.5 Å². The third kappa shape index (κ3) is 2.56. The van der Waals surface area contributed by atoms with Gasteiger partial charge in [-0.3, -0.25) is 4.57 Å². The summed E-state index contributed by atoms with van der Waals surface area (Å²) in [5.41, 5.74) is 0.108. The Morgan fingerprint density at radius 2 is 2.05 bits per heavy atom. The van der Waals surface area contributed by atoms with Gasteiger partial charge in [0.15, 0.2) is 0 Å². The molecule has 0 bridgehead atoms. The number of nitrogens with one attached hydrogen (secondary N) is 2. The van der Waals surface area contributed by atoms with Gasteiger partial charge in [-0.1, -0.05) is 0 Å². The Kier molecular flexibility index (Phi) is 3.25. The van der Waals surface area contributed by atoms with Crippen molar-refractivity contribution in [1.29, 1.82) is 0 Å². The molecule has 7 nitrogen and oxygen atoms in total. The molecule has 0 atom stereocenters. The molecule has 2 aromatic rings. The smallest absolute Gasteiger partial charge is 0.241 e. The van der Waals surface area contributed by atoms with E-state index in [4.69, 9.17) is 0 Å². The number of hydrogen-bond donors (Lipinski definition) is 2. The molecule has 1 saturated carbocycles. The standard InChI is InChI=1S/C13H19N7/c1-3-15-10-16-11(19-13(2)5-4-6-13)18-12(17-10)20-8-7-14-9-20/h7-9H,3-6H2,1-2H3,(H2,15,16,17,18,19). The van der Waals surface area contributed by atoms with Crippen LogP contribution in [-0.4, -0.2) is 36.6 Å². The molecule has 7 heteroatoms. The second kappa shape index (κ2) is 5.07. The lowest BCUT2D eigenvalue weighted by molar-refractivity contribution is 0.304. The molecule has 0 aliphatic heterocycles. The van der Waals surface area contributed by atoms with Crippen molar-refractivity contribution in [1.82, 2.24) is 24.5 Å². The average Bonchev–Trinajstić information content (AvgIpc) is 2.91. The number of hydrogen-bond acceptors (Lipinski definition) is 6. The van der Waals surface area contributed by atoms with E-state index in [2.05, 4.69) is 37.5 Å². The number of aromatic nitrogens is 5. The molecule has 1 aliphatic rings. The van der Waals surface area contributed by atoms with Crippen LogP contribution in [0.1, 0.15) is 33.1 Å². The highest BCUT2D eigenvalue weighted by molar-refractivity contribution is 5.40. The fourth-order valence-electron chi connectivity index (χ4n) is 2.25. The van der Waals surface area contributed by atoms with Crippen LogP contribution in [0.5, 0.6) is 0 Å². The monoisotopic (exact) mass is 273 g/mol. The van der Waals surface area contributed by atoms with Gasteiger partial charge in [0.1, 0.15) is 6.33 Å². The first-order chi connectivity index (χ1) is 9.68. The zero-order valence-corrected chi connectivity index (χ0v) is 11.8. The van der Waals surface area contributed by atoms with Gasteiger partial charge < -0.3 is 10.6 Å². The molecular formula is C13H19N7. The van der Waals surface area contributed by atoms with Crippen LogP contribution in [0.2, 0.25) is 0 Å². The number of anilines is 2. The van der Waals surface area contributed by atoms with Gasteiger partial charge >= 0.3 is 0 Å². The van der Waals surface area contributed by atoms with Crippen molar-refractivity contribution in [2.45, 2.75) is 38.6 Å². The van der Waals surface area contributed by atoms with Crippen molar-refractivity contribution in [3.8, 4) is 5.95 Å². The van der Waals surface area contributed by atoms with E-state index in [9.17, 15) is 0 Å². The highest BCUT2D eigenvalue weighted by Gasteiger charge is 2.32. The fourth-order valence-corrected chi connectivity index (χ4v) is 2.25. The van der Waals surface area contributed by atoms with E-state index >= 15 is 0 Å². The van der Waals surface area contributed by atoms with Crippen molar-refractivity contribution < 1.29 is 0 Å². The van der Waals surface area contributed by atoms with Gasteiger partial charge in [0.2, 0.25) is 17.8 Å². The van der Waals surface area contributed by atoms with Gasteiger partial charge in [-0.25, -0.2) is 4.98 Å². The van der Waals surface area contributed by atoms with E-state index in [1.165, 1.54) is 6.42 Å². The quantitative estimate of drug-likeness (QED) is 0.865. The van der Waals surface area contributed by atoms with E-state index in [1.54, 1.807) is 17.1 Å². The number of imidazole rings is 1. The molecule has 2 heterocycles. The highest BCUT2D eigenvalue weighted by atomic mass is 15.3. The highest BCUT2D eigenvalue weighted by Crippen LogP contribution is 2.33. The van der Waals surface area contributed by atoms with Gasteiger partial charge in [0.25, 0.3) is 0 Å². The molecule has 0 saturated heterocycles. The van der Waals surface area contributed by atoms with E-state index in [0.717, 1.165) is 19.4 Å². The van der Waals surface area contributed by atoms with Gasteiger partial charge in [-0.15, -0.1) is 0 Å². The van der Waals surface area contributed by atoms with E-state index in [0.29, 0.717) is 17.8 Å². The van der Waals surface area contributed by atoms with Gasteiger partial charge in [0.05, 0.1) is 0 Å². The lowest BCUT2D eigenvalue weighted by atomic mass is 9.79. The fraction of sp³-hybridized carbons (Fsp3) is 0.538. The summed E-state index contributed by atoms with van der Waals surface area (Å²) in [6, 6.07) is 0. The van der Waals surface area contributed by atoms with Crippen LogP contribution in [0.15, 0.2) is 18.7 Å². The SMILES string of the molecule is CCNc1nc(NC2(C)CCC2)nc(-n2ccnc2)n1. The second-order valence-electron chi connectivity index (χ2n) is 5.32. The first-order valence-electron chi connectivity index (χ1n) is 6.95. The van der Waals surface area contributed by atoms with Crippen LogP contribution in [0.4, 0.5) is 11.9 Å². The Morgan fingerprint density at radius 3 is 2.65 bits per heavy atom. The summed E-state index contributed by atoms with van der Waals surface area (Å²) in [5.74, 6) is 1.76. The van der Waals surface area contributed by atoms with Crippen LogP contribution in [0, 0.1) is 0 Å². The summed E-state index contributed by atoms with van der Waals surface area (Å²) in [4.78, 5) is 17.3. The molecule has 0 aromatic carbocycles. The van der Waals surface area contributed by atoms with Crippen LogP contribution < -0.4 is 10.6 Å². The Labute approximate surface area is 117 Å². The van der Waals surface area contributed by atoms with E-state index in [-0.39, 0.29) is 5.54 Å². The van der Waals surface area contributed by atoms with Crippen molar-refractivity contribution in [2.75, 3.05) is 17.2 Å². The summed E-state index contributed by atoms with van der Waals surface area (Å²) in [6.07, 6.45) is 8.76. The largest absolute Gasteiger partial charge is 0.354 e. The maximum Gasteiger partial charge on any atom is 0.241 e. The Hall–Kier alpha value is -2.18. The van der Waals surface area contributed by atoms with E-state index in [1.807, 2.05) is 13.1 Å². The Balaban J connectivity index is 1.92. The molecule has 106 valence electrons. The van der Waals surface area contributed by atoms with Crippen LogP contribution in [0.25, 0.3) is 5.95 Å².